The molecule has 0 aliphatic heterocycles. The van der Waals surface area contributed by atoms with E-state index in [1.807, 2.05) is 6.92 Å². The van der Waals surface area contributed by atoms with Crippen LogP contribution in [0.2, 0.25) is 0 Å². The Labute approximate surface area is 137 Å². The first-order valence-electron chi connectivity index (χ1n) is 8.12. The second kappa shape index (κ2) is 8.15. The molecule has 1 aromatic carbocycles. The largest absolute Gasteiger partial charge is 0.416 e. The van der Waals surface area contributed by atoms with Crippen LogP contribution in [0.15, 0.2) is 24.3 Å². The zero-order valence-corrected chi connectivity index (χ0v) is 14.4. The first kappa shape index (κ1) is 20.0. The standard InChI is InChI=1S/C18H28F3NO/c1-13(7-6-10-17(3,4)23)22-14(2)11-15-8-5-9-16(12-15)18(19,20)21/h5,8-9,12-14,22-23H,6-7,10-11H2,1-4H3. The molecule has 1 rings (SSSR count). The second-order valence-electron chi connectivity index (χ2n) is 7.08. The lowest BCUT2D eigenvalue weighted by Gasteiger charge is -2.22. The van der Waals surface area contributed by atoms with E-state index in [1.165, 1.54) is 12.1 Å². The first-order valence-corrected chi connectivity index (χ1v) is 8.12. The molecular formula is C18H28F3NO. The zero-order chi connectivity index (χ0) is 17.7. The van der Waals surface area contributed by atoms with Crippen LogP contribution in [0, 0.1) is 0 Å². The summed E-state index contributed by atoms with van der Waals surface area (Å²) in [4.78, 5) is 0. The lowest BCUT2D eigenvalue weighted by atomic mass is 9.99. The molecule has 0 aliphatic rings. The Balaban J connectivity index is 2.46. The van der Waals surface area contributed by atoms with Crippen molar-refractivity contribution in [1.82, 2.24) is 5.32 Å². The number of aliphatic hydroxyl groups is 1. The molecule has 0 bridgehead atoms. The maximum absolute atomic E-state index is 12.7. The molecule has 0 fully saturated rings. The summed E-state index contributed by atoms with van der Waals surface area (Å²) in [6, 6.07) is 5.86. The predicted molar refractivity (Wildman–Crippen MR) is 87.4 cm³/mol. The van der Waals surface area contributed by atoms with Gasteiger partial charge in [-0.25, -0.2) is 0 Å². The molecule has 0 radical (unpaired) electrons. The topological polar surface area (TPSA) is 32.3 Å². The third-order valence-electron chi connectivity index (χ3n) is 3.79. The molecule has 2 unspecified atom stereocenters. The van der Waals surface area contributed by atoms with Gasteiger partial charge in [0.2, 0.25) is 0 Å². The second-order valence-corrected chi connectivity index (χ2v) is 7.08. The van der Waals surface area contributed by atoms with Crippen LogP contribution in [-0.4, -0.2) is 22.8 Å². The van der Waals surface area contributed by atoms with E-state index >= 15 is 0 Å². The summed E-state index contributed by atoms with van der Waals surface area (Å²) >= 11 is 0. The van der Waals surface area contributed by atoms with Crippen LogP contribution in [0.25, 0.3) is 0 Å². The number of benzene rings is 1. The van der Waals surface area contributed by atoms with Crippen molar-refractivity contribution in [3.05, 3.63) is 35.4 Å². The van der Waals surface area contributed by atoms with Crippen molar-refractivity contribution in [1.29, 1.82) is 0 Å². The van der Waals surface area contributed by atoms with Crippen LogP contribution >= 0.6 is 0 Å². The average Bonchev–Trinajstić information content (AvgIpc) is 2.36. The van der Waals surface area contributed by atoms with Crippen LogP contribution in [0.5, 0.6) is 0 Å². The lowest BCUT2D eigenvalue weighted by Crippen LogP contribution is -2.36. The number of halogens is 3. The van der Waals surface area contributed by atoms with Crippen LogP contribution < -0.4 is 5.32 Å². The van der Waals surface area contributed by atoms with Gasteiger partial charge >= 0.3 is 6.18 Å². The van der Waals surface area contributed by atoms with E-state index in [-0.39, 0.29) is 12.1 Å². The molecule has 0 aromatic heterocycles. The minimum atomic E-state index is -4.29. The number of hydrogen-bond donors (Lipinski definition) is 2. The van der Waals surface area contributed by atoms with Gasteiger partial charge in [0.25, 0.3) is 0 Å². The van der Waals surface area contributed by atoms with Crippen molar-refractivity contribution in [2.45, 2.75) is 77.2 Å². The van der Waals surface area contributed by atoms with Gasteiger partial charge in [0.15, 0.2) is 0 Å². The molecule has 132 valence electrons. The molecule has 2 nitrogen and oxygen atoms in total. The van der Waals surface area contributed by atoms with E-state index in [9.17, 15) is 18.3 Å². The summed E-state index contributed by atoms with van der Waals surface area (Å²) < 4.78 is 38.1. The van der Waals surface area contributed by atoms with Crippen molar-refractivity contribution in [3.63, 3.8) is 0 Å². The Morgan fingerprint density at radius 1 is 1.13 bits per heavy atom. The molecule has 0 heterocycles. The van der Waals surface area contributed by atoms with E-state index in [1.54, 1.807) is 19.9 Å². The highest BCUT2D eigenvalue weighted by Gasteiger charge is 2.30. The maximum Gasteiger partial charge on any atom is 0.416 e. The van der Waals surface area contributed by atoms with Crippen LogP contribution in [0.4, 0.5) is 13.2 Å². The zero-order valence-electron chi connectivity index (χ0n) is 14.4. The fourth-order valence-corrected chi connectivity index (χ4v) is 2.70. The summed E-state index contributed by atoms with van der Waals surface area (Å²) in [5, 5.41) is 13.1. The molecule has 1 aromatic rings. The summed E-state index contributed by atoms with van der Waals surface area (Å²) in [5.74, 6) is 0. The number of alkyl halides is 3. The van der Waals surface area contributed by atoms with Crippen LogP contribution in [-0.2, 0) is 12.6 Å². The Hall–Kier alpha value is -1.07. The predicted octanol–water partition coefficient (Wildman–Crippen LogP) is 4.56. The van der Waals surface area contributed by atoms with Gasteiger partial charge < -0.3 is 10.4 Å². The minimum Gasteiger partial charge on any atom is -0.390 e. The van der Waals surface area contributed by atoms with E-state index in [0.29, 0.717) is 12.0 Å². The highest BCUT2D eigenvalue weighted by atomic mass is 19.4. The van der Waals surface area contributed by atoms with E-state index < -0.39 is 17.3 Å². The lowest BCUT2D eigenvalue weighted by molar-refractivity contribution is -0.137. The molecule has 5 heteroatoms. The van der Waals surface area contributed by atoms with Crippen molar-refractivity contribution in [3.8, 4) is 0 Å². The highest BCUT2D eigenvalue weighted by molar-refractivity contribution is 5.26. The Bertz CT molecular complexity index is 480. The van der Waals surface area contributed by atoms with Gasteiger partial charge in [-0.15, -0.1) is 0 Å². The molecule has 2 N–H and O–H groups in total. The molecule has 0 spiro atoms. The summed E-state index contributed by atoms with van der Waals surface area (Å²) in [6.45, 7) is 7.63. The van der Waals surface area contributed by atoms with Crippen LogP contribution in [0.3, 0.4) is 0 Å². The van der Waals surface area contributed by atoms with Gasteiger partial charge in [0.1, 0.15) is 0 Å². The van der Waals surface area contributed by atoms with Gasteiger partial charge in [-0.3, -0.25) is 0 Å². The van der Waals surface area contributed by atoms with Crippen molar-refractivity contribution >= 4 is 0 Å². The van der Waals surface area contributed by atoms with Gasteiger partial charge in [-0.2, -0.15) is 13.2 Å². The third-order valence-corrected chi connectivity index (χ3v) is 3.79. The number of hydrogen-bond acceptors (Lipinski definition) is 2. The number of nitrogens with one attached hydrogen (secondary N) is 1. The SMILES string of the molecule is CC(CCCC(C)(C)O)NC(C)Cc1cccc(C(F)(F)F)c1. The molecule has 0 saturated carbocycles. The summed E-state index contributed by atoms with van der Waals surface area (Å²) in [6.07, 6.45) is -1.16. The molecule has 0 saturated heterocycles. The van der Waals surface area contributed by atoms with Crippen molar-refractivity contribution in [2.24, 2.45) is 0 Å². The average molecular weight is 331 g/mol. The van der Waals surface area contributed by atoms with E-state index in [0.717, 1.165) is 25.3 Å². The molecule has 2 atom stereocenters. The fourth-order valence-electron chi connectivity index (χ4n) is 2.70. The summed E-state index contributed by atoms with van der Waals surface area (Å²) in [7, 11) is 0. The van der Waals surface area contributed by atoms with Crippen molar-refractivity contribution < 1.29 is 18.3 Å². The summed E-state index contributed by atoms with van der Waals surface area (Å²) in [5.41, 5.74) is -0.562. The van der Waals surface area contributed by atoms with E-state index in [4.69, 9.17) is 0 Å². The Morgan fingerprint density at radius 2 is 1.78 bits per heavy atom. The quantitative estimate of drug-likeness (QED) is 0.732. The molecule has 0 aliphatic carbocycles. The monoisotopic (exact) mass is 331 g/mol. The Morgan fingerprint density at radius 3 is 2.35 bits per heavy atom. The van der Waals surface area contributed by atoms with Crippen molar-refractivity contribution in [2.75, 3.05) is 0 Å². The molecule has 0 amide bonds. The molecular weight excluding hydrogens is 303 g/mol. The normalized spacial score (nSPS) is 15.5. The van der Waals surface area contributed by atoms with Gasteiger partial charge in [-0.05, 0) is 65.0 Å². The highest BCUT2D eigenvalue weighted by Crippen LogP contribution is 2.29. The maximum atomic E-state index is 12.7. The van der Waals surface area contributed by atoms with E-state index in [2.05, 4.69) is 12.2 Å². The Kier molecular flexibility index (Phi) is 7.08. The smallest absolute Gasteiger partial charge is 0.390 e. The van der Waals surface area contributed by atoms with Gasteiger partial charge in [0, 0.05) is 12.1 Å². The van der Waals surface area contributed by atoms with Gasteiger partial charge in [-0.1, -0.05) is 18.2 Å². The van der Waals surface area contributed by atoms with Crippen LogP contribution in [0.1, 0.15) is 58.1 Å². The third kappa shape index (κ3) is 8.37. The molecule has 23 heavy (non-hydrogen) atoms. The first-order chi connectivity index (χ1) is 10.5. The fraction of sp³-hybridized carbons (Fsp3) is 0.667. The number of rotatable bonds is 8. The van der Waals surface area contributed by atoms with Gasteiger partial charge in [0.05, 0.1) is 11.2 Å². The minimum absolute atomic E-state index is 0.0932.